The summed E-state index contributed by atoms with van der Waals surface area (Å²) in [5.41, 5.74) is 2.62. The molecule has 4 heteroatoms. The van der Waals surface area contributed by atoms with Crippen LogP contribution in [0.4, 0.5) is 0 Å². The molecule has 0 aliphatic carbocycles. The summed E-state index contributed by atoms with van der Waals surface area (Å²) >= 11 is 3.96. The third kappa shape index (κ3) is 5.78. The second-order valence-electron chi connectivity index (χ2n) is 1.53. The van der Waals surface area contributed by atoms with Gasteiger partial charge in [0, 0.05) is 12.3 Å². The predicted octanol–water partition coefficient (Wildman–Crippen LogP) is 0.945. The van der Waals surface area contributed by atoms with Gasteiger partial charge in [0.25, 0.3) is 5.95 Å². The van der Waals surface area contributed by atoms with Crippen LogP contribution in [0, 0.1) is 0 Å². The van der Waals surface area contributed by atoms with E-state index >= 15 is 0 Å². The highest BCUT2D eigenvalue weighted by Gasteiger charge is 1.90. The molecule has 0 aromatic heterocycles. The first-order chi connectivity index (χ1) is 4.81. The Labute approximate surface area is 66.8 Å². The molecule has 0 saturated carbocycles. The SMILES string of the molecule is C=C(OCC)ONCCS. The van der Waals surface area contributed by atoms with Gasteiger partial charge in [-0.25, -0.2) is 0 Å². The van der Waals surface area contributed by atoms with Crippen molar-refractivity contribution in [3.63, 3.8) is 0 Å². The molecule has 0 rings (SSSR count). The topological polar surface area (TPSA) is 30.5 Å². The van der Waals surface area contributed by atoms with Gasteiger partial charge >= 0.3 is 0 Å². The molecule has 0 amide bonds. The number of hydrogen-bond donors (Lipinski definition) is 2. The van der Waals surface area contributed by atoms with E-state index in [4.69, 9.17) is 9.57 Å². The van der Waals surface area contributed by atoms with Gasteiger partial charge in [-0.1, -0.05) is 0 Å². The van der Waals surface area contributed by atoms with E-state index in [0.29, 0.717) is 19.1 Å². The van der Waals surface area contributed by atoms with Gasteiger partial charge in [-0.2, -0.15) is 18.1 Å². The molecule has 0 spiro atoms. The summed E-state index contributed by atoms with van der Waals surface area (Å²) in [5.74, 6) is 1.02. The molecule has 3 nitrogen and oxygen atoms in total. The van der Waals surface area contributed by atoms with Crippen molar-refractivity contribution in [3.8, 4) is 0 Å². The van der Waals surface area contributed by atoms with E-state index in [-0.39, 0.29) is 0 Å². The maximum absolute atomic E-state index is 4.88. The smallest absolute Gasteiger partial charge is 0.292 e. The van der Waals surface area contributed by atoms with Crippen molar-refractivity contribution in [1.29, 1.82) is 0 Å². The van der Waals surface area contributed by atoms with Crippen LogP contribution in [-0.2, 0) is 9.57 Å². The van der Waals surface area contributed by atoms with E-state index in [1.54, 1.807) is 0 Å². The molecule has 0 aromatic carbocycles. The zero-order chi connectivity index (χ0) is 7.82. The third-order valence-corrected chi connectivity index (χ3v) is 0.929. The van der Waals surface area contributed by atoms with Gasteiger partial charge in [-0.3, -0.25) is 0 Å². The summed E-state index contributed by atoms with van der Waals surface area (Å²) < 4.78 is 4.88. The molecule has 60 valence electrons. The fourth-order valence-corrected chi connectivity index (χ4v) is 0.459. The molecule has 0 aliphatic rings. The number of hydrogen-bond acceptors (Lipinski definition) is 4. The lowest BCUT2D eigenvalue weighted by Crippen LogP contribution is -2.17. The fraction of sp³-hybridized carbons (Fsp3) is 0.667. The van der Waals surface area contributed by atoms with Crippen LogP contribution in [-0.4, -0.2) is 18.9 Å². The highest BCUT2D eigenvalue weighted by molar-refractivity contribution is 7.80. The molecule has 10 heavy (non-hydrogen) atoms. The van der Waals surface area contributed by atoms with Gasteiger partial charge in [0.15, 0.2) is 0 Å². The van der Waals surface area contributed by atoms with Gasteiger partial charge < -0.3 is 9.57 Å². The van der Waals surface area contributed by atoms with Crippen LogP contribution in [0.5, 0.6) is 0 Å². The van der Waals surface area contributed by atoms with E-state index in [1.165, 1.54) is 0 Å². The van der Waals surface area contributed by atoms with Crippen molar-refractivity contribution in [2.24, 2.45) is 0 Å². The monoisotopic (exact) mass is 163 g/mol. The van der Waals surface area contributed by atoms with Gasteiger partial charge in [0.1, 0.15) is 0 Å². The number of rotatable bonds is 6. The average molecular weight is 163 g/mol. The number of hydroxylamine groups is 1. The molecule has 0 aromatic rings. The summed E-state index contributed by atoms with van der Waals surface area (Å²) in [5, 5.41) is 0. The Kier molecular flexibility index (Phi) is 6.53. The largest absolute Gasteiger partial charge is 0.465 e. The van der Waals surface area contributed by atoms with Crippen molar-refractivity contribution in [3.05, 3.63) is 12.5 Å². The van der Waals surface area contributed by atoms with Crippen LogP contribution in [0.3, 0.4) is 0 Å². The lowest BCUT2D eigenvalue weighted by molar-refractivity contribution is -0.00920. The van der Waals surface area contributed by atoms with Crippen LogP contribution >= 0.6 is 12.6 Å². The summed E-state index contributed by atoms with van der Waals surface area (Å²) in [7, 11) is 0. The Morgan fingerprint density at radius 3 is 2.90 bits per heavy atom. The van der Waals surface area contributed by atoms with Crippen LogP contribution in [0.25, 0.3) is 0 Å². The van der Waals surface area contributed by atoms with Gasteiger partial charge in [0.05, 0.1) is 6.61 Å². The fourth-order valence-electron chi connectivity index (χ4n) is 0.368. The Hall–Kier alpha value is -0.350. The minimum Gasteiger partial charge on any atom is -0.465 e. The third-order valence-electron chi connectivity index (χ3n) is 0.705. The standard InChI is InChI=1S/C6H13NO2S/c1-3-8-6(2)9-7-4-5-10/h7,10H,2-5H2,1H3. The highest BCUT2D eigenvalue weighted by Crippen LogP contribution is 1.90. The molecular formula is C6H13NO2S. The van der Waals surface area contributed by atoms with Crippen molar-refractivity contribution < 1.29 is 9.57 Å². The normalized spacial score (nSPS) is 9.00. The second-order valence-corrected chi connectivity index (χ2v) is 1.97. The Morgan fingerprint density at radius 2 is 2.40 bits per heavy atom. The maximum Gasteiger partial charge on any atom is 0.292 e. The van der Waals surface area contributed by atoms with Gasteiger partial charge in [-0.05, 0) is 13.5 Å². The van der Waals surface area contributed by atoms with E-state index in [2.05, 4.69) is 24.7 Å². The average Bonchev–Trinajstić information content (AvgIpc) is 1.89. The number of thiol groups is 1. The quantitative estimate of drug-likeness (QED) is 0.264. The zero-order valence-electron chi connectivity index (χ0n) is 6.09. The van der Waals surface area contributed by atoms with E-state index in [0.717, 1.165) is 5.75 Å². The van der Waals surface area contributed by atoms with Crippen LogP contribution in [0.2, 0.25) is 0 Å². The molecule has 0 aliphatic heterocycles. The van der Waals surface area contributed by atoms with Crippen molar-refractivity contribution in [1.82, 2.24) is 5.48 Å². The molecule has 0 saturated heterocycles. The summed E-state index contributed by atoms with van der Waals surface area (Å²) in [6.45, 7) is 6.60. The molecule has 0 unspecified atom stereocenters. The second kappa shape index (κ2) is 6.77. The van der Waals surface area contributed by atoms with E-state index in [1.807, 2.05) is 6.92 Å². The molecule has 0 atom stereocenters. The van der Waals surface area contributed by atoms with Gasteiger partial charge in [-0.15, -0.1) is 0 Å². The van der Waals surface area contributed by atoms with Crippen molar-refractivity contribution in [2.45, 2.75) is 6.92 Å². The first kappa shape index (κ1) is 9.65. The summed E-state index contributed by atoms with van der Waals surface area (Å²) in [6, 6.07) is 0. The molecule has 0 heterocycles. The Morgan fingerprint density at radius 1 is 1.70 bits per heavy atom. The van der Waals surface area contributed by atoms with E-state index < -0.39 is 0 Å². The number of nitrogens with one attached hydrogen (secondary N) is 1. The predicted molar refractivity (Wildman–Crippen MR) is 43.7 cm³/mol. The molecule has 0 radical (unpaired) electrons. The van der Waals surface area contributed by atoms with Gasteiger partial charge in [0.2, 0.25) is 0 Å². The maximum atomic E-state index is 4.88. The number of ether oxygens (including phenoxy) is 1. The van der Waals surface area contributed by atoms with Crippen molar-refractivity contribution >= 4 is 12.6 Å². The minimum atomic E-state index is 0.296. The Balaban J connectivity index is 3.05. The first-order valence-corrected chi connectivity index (χ1v) is 3.76. The lowest BCUT2D eigenvalue weighted by Gasteiger charge is -2.07. The molecular weight excluding hydrogens is 150 g/mol. The molecule has 1 N–H and O–H groups in total. The molecule has 0 bridgehead atoms. The van der Waals surface area contributed by atoms with Crippen LogP contribution in [0.15, 0.2) is 12.5 Å². The summed E-state index contributed by atoms with van der Waals surface area (Å²) in [4.78, 5) is 4.81. The highest BCUT2D eigenvalue weighted by atomic mass is 32.1. The zero-order valence-corrected chi connectivity index (χ0v) is 6.99. The Bertz CT molecular complexity index is 97.7. The first-order valence-electron chi connectivity index (χ1n) is 3.13. The van der Waals surface area contributed by atoms with Crippen LogP contribution in [0.1, 0.15) is 6.92 Å². The summed E-state index contributed by atoms with van der Waals surface area (Å²) in [6.07, 6.45) is 0. The minimum absolute atomic E-state index is 0.296. The van der Waals surface area contributed by atoms with Crippen molar-refractivity contribution in [2.75, 3.05) is 18.9 Å². The lowest BCUT2D eigenvalue weighted by atomic mass is 10.8. The van der Waals surface area contributed by atoms with E-state index in [9.17, 15) is 0 Å². The molecule has 0 fully saturated rings. The van der Waals surface area contributed by atoms with Crippen LogP contribution < -0.4 is 5.48 Å².